The Morgan fingerprint density at radius 3 is 2.63 bits per heavy atom. The molecule has 2 aromatic rings. The number of carboxylic acids is 1. The molecule has 0 aliphatic heterocycles. The maximum absolute atomic E-state index is 12.6. The number of thiophene rings is 1. The van der Waals surface area contributed by atoms with Crippen LogP contribution >= 0.6 is 11.3 Å². The largest absolute Gasteiger partial charge is 0.480 e. The van der Waals surface area contributed by atoms with E-state index in [4.69, 9.17) is 11.5 Å². The molecular formula is C16H25N7O5S2. The van der Waals surface area contributed by atoms with Gasteiger partial charge in [-0.1, -0.05) is 0 Å². The highest BCUT2D eigenvalue weighted by Crippen LogP contribution is 2.25. The number of imidazole rings is 1. The Morgan fingerprint density at radius 2 is 2.07 bits per heavy atom. The molecule has 0 unspecified atom stereocenters. The van der Waals surface area contributed by atoms with Gasteiger partial charge in [-0.25, -0.2) is 9.78 Å². The number of aliphatic carboxylic acids is 1. The fourth-order valence-corrected chi connectivity index (χ4v) is 4.40. The Kier molecular flexibility index (Phi) is 7.91. The molecule has 0 fully saturated rings. The van der Waals surface area contributed by atoms with E-state index in [1.54, 1.807) is 18.5 Å². The van der Waals surface area contributed by atoms with Gasteiger partial charge in [0.15, 0.2) is 5.03 Å². The Bertz CT molecular complexity index is 980. The summed E-state index contributed by atoms with van der Waals surface area (Å²) in [5.74, 6) is -1.40. The van der Waals surface area contributed by atoms with Crippen molar-refractivity contribution in [2.24, 2.45) is 18.5 Å². The van der Waals surface area contributed by atoms with E-state index in [0.717, 1.165) is 11.3 Å². The number of hydrogen-bond donors (Lipinski definition) is 6. The Labute approximate surface area is 177 Å². The van der Waals surface area contributed by atoms with E-state index >= 15 is 0 Å². The molecule has 2 heterocycles. The minimum absolute atomic E-state index is 0.0413. The van der Waals surface area contributed by atoms with Crippen molar-refractivity contribution in [2.75, 3.05) is 11.3 Å². The van der Waals surface area contributed by atoms with Crippen molar-refractivity contribution in [3.8, 4) is 0 Å². The van der Waals surface area contributed by atoms with Crippen LogP contribution in [0.25, 0.3) is 0 Å². The fraction of sp³-hybridized carbons (Fsp3) is 0.438. The van der Waals surface area contributed by atoms with E-state index in [0.29, 0.717) is 18.8 Å². The van der Waals surface area contributed by atoms with Crippen LogP contribution in [-0.4, -0.2) is 53.8 Å². The summed E-state index contributed by atoms with van der Waals surface area (Å²) in [6, 6.07) is 0.271. The first-order chi connectivity index (χ1) is 14.0. The number of carbonyl (C=O) groups excluding carboxylic acids is 1. The molecular weight excluding hydrogens is 434 g/mol. The number of carbonyl (C=O) groups is 2. The number of anilines is 1. The molecule has 166 valence electrons. The molecule has 0 radical (unpaired) electrons. The Balaban J connectivity index is 2.08. The Morgan fingerprint density at radius 1 is 1.37 bits per heavy atom. The minimum Gasteiger partial charge on any atom is -0.480 e. The number of aryl methyl sites for hydroxylation is 2. The number of aromatic nitrogens is 2. The van der Waals surface area contributed by atoms with Gasteiger partial charge in [0, 0.05) is 13.2 Å². The Hall–Kier alpha value is -2.52. The first-order valence-electron chi connectivity index (χ1n) is 8.89. The molecule has 0 spiro atoms. The highest BCUT2D eigenvalue weighted by atomic mass is 32.2. The lowest BCUT2D eigenvalue weighted by Crippen LogP contribution is -2.46. The van der Waals surface area contributed by atoms with Crippen LogP contribution in [0.15, 0.2) is 22.7 Å². The molecule has 1 atom stereocenters. The molecule has 1 amide bonds. The third kappa shape index (κ3) is 6.24. The zero-order valence-electron chi connectivity index (χ0n) is 16.5. The number of carboxylic acid groups (broad SMARTS) is 1. The number of nitrogens with one attached hydrogen (secondary N) is 3. The van der Waals surface area contributed by atoms with Gasteiger partial charge in [-0.05, 0) is 37.8 Å². The zero-order chi connectivity index (χ0) is 22.5. The molecule has 14 heteroatoms. The SMILES string of the molecule is Cc1nc(S(=O)(=O)Nc2ccsc2C(=O)N[C@@H](CCCNC(N)N)C(=O)O)cn1C. The highest BCUT2D eigenvalue weighted by molar-refractivity contribution is 7.92. The second-order valence-corrected chi connectivity index (χ2v) is 9.04. The molecule has 8 N–H and O–H groups in total. The number of amides is 1. The van der Waals surface area contributed by atoms with E-state index in [-0.39, 0.29) is 22.0 Å². The van der Waals surface area contributed by atoms with Gasteiger partial charge in [0.05, 0.1) is 5.69 Å². The van der Waals surface area contributed by atoms with Crippen LogP contribution < -0.4 is 26.8 Å². The van der Waals surface area contributed by atoms with Crippen molar-refractivity contribution in [2.45, 2.75) is 37.1 Å². The van der Waals surface area contributed by atoms with Gasteiger partial charge in [0.25, 0.3) is 15.9 Å². The molecule has 12 nitrogen and oxygen atoms in total. The molecule has 0 saturated heterocycles. The number of rotatable bonds is 11. The quantitative estimate of drug-likeness (QED) is 0.187. The molecule has 30 heavy (non-hydrogen) atoms. The molecule has 0 saturated carbocycles. The second kappa shape index (κ2) is 9.99. The number of nitrogens with zero attached hydrogens (tertiary/aromatic N) is 2. The van der Waals surface area contributed by atoms with Crippen LogP contribution in [0.4, 0.5) is 5.69 Å². The zero-order valence-corrected chi connectivity index (χ0v) is 18.1. The predicted molar refractivity (Wildman–Crippen MR) is 111 cm³/mol. The highest BCUT2D eigenvalue weighted by Gasteiger charge is 2.25. The normalized spacial score (nSPS) is 12.7. The molecule has 0 aliphatic carbocycles. The van der Waals surface area contributed by atoms with Crippen molar-refractivity contribution in [3.63, 3.8) is 0 Å². The summed E-state index contributed by atoms with van der Waals surface area (Å²) >= 11 is 0.985. The first kappa shape index (κ1) is 23.8. The van der Waals surface area contributed by atoms with Crippen LogP contribution in [0, 0.1) is 6.92 Å². The van der Waals surface area contributed by atoms with E-state index in [9.17, 15) is 23.1 Å². The molecule has 0 bridgehead atoms. The summed E-state index contributed by atoms with van der Waals surface area (Å²) < 4.78 is 29.0. The van der Waals surface area contributed by atoms with Gasteiger partial charge in [-0.15, -0.1) is 11.3 Å². The van der Waals surface area contributed by atoms with E-state index in [2.05, 4.69) is 20.3 Å². The van der Waals surface area contributed by atoms with Crippen molar-refractivity contribution >= 4 is 38.9 Å². The van der Waals surface area contributed by atoms with Crippen LogP contribution in [0.1, 0.15) is 28.3 Å². The van der Waals surface area contributed by atoms with Gasteiger partial charge >= 0.3 is 5.97 Å². The van der Waals surface area contributed by atoms with Crippen LogP contribution in [0.3, 0.4) is 0 Å². The monoisotopic (exact) mass is 459 g/mol. The van der Waals surface area contributed by atoms with E-state index in [1.807, 2.05) is 0 Å². The van der Waals surface area contributed by atoms with Crippen molar-refractivity contribution in [1.82, 2.24) is 20.2 Å². The van der Waals surface area contributed by atoms with Gasteiger partial charge < -0.3 is 26.5 Å². The van der Waals surface area contributed by atoms with Crippen molar-refractivity contribution in [3.05, 3.63) is 28.3 Å². The lowest BCUT2D eigenvalue weighted by Gasteiger charge is -2.15. The van der Waals surface area contributed by atoms with Gasteiger partial charge in [0.1, 0.15) is 23.0 Å². The summed E-state index contributed by atoms with van der Waals surface area (Å²) in [6.45, 7) is 2.04. The minimum atomic E-state index is -4.02. The number of nitrogens with two attached hydrogens (primary N) is 2. The summed E-state index contributed by atoms with van der Waals surface area (Å²) in [5.41, 5.74) is 10.7. The number of sulfonamides is 1. The average molecular weight is 460 g/mol. The summed E-state index contributed by atoms with van der Waals surface area (Å²) in [6.07, 6.45) is 1.18. The lowest BCUT2D eigenvalue weighted by atomic mass is 10.1. The maximum Gasteiger partial charge on any atom is 0.326 e. The second-order valence-electron chi connectivity index (χ2n) is 6.49. The average Bonchev–Trinajstić information content (AvgIpc) is 3.23. The topological polar surface area (TPSA) is 194 Å². The molecule has 2 rings (SSSR count). The van der Waals surface area contributed by atoms with Gasteiger partial charge in [-0.2, -0.15) is 8.42 Å². The summed E-state index contributed by atoms with van der Waals surface area (Å²) in [5, 5.41) is 15.9. The number of hydrogen-bond acceptors (Lipinski definition) is 9. The van der Waals surface area contributed by atoms with Gasteiger partial charge in [-0.3, -0.25) is 14.8 Å². The summed E-state index contributed by atoms with van der Waals surface area (Å²) in [4.78, 5) is 28.1. The molecule has 0 aliphatic rings. The van der Waals surface area contributed by atoms with Crippen LogP contribution in [0.2, 0.25) is 0 Å². The standard InChI is InChI=1S/C16H25N7O5S2/c1-9-20-12(8-23(9)2)30(27,28)22-10-5-7-29-13(10)14(24)21-11(15(25)26)4-3-6-19-16(17)18/h5,7-8,11,16,19,22H,3-4,6,17-18H2,1-2H3,(H,21,24)(H,25,26)/t11-/m0/s1. The van der Waals surface area contributed by atoms with Crippen molar-refractivity contribution < 1.29 is 23.1 Å². The third-order valence-electron chi connectivity index (χ3n) is 4.13. The first-order valence-corrected chi connectivity index (χ1v) is 11.3. The van der Waals surface area contributed by atoms with Crippen LogP contribution in [-0.2, 0) is 21.9 Å². The van der Waals surface area contributed by atoms with Crippen molar-refractivity contribution in [1.29, 1.82) is 0 Å². The van der Waals surface area contributed by atoms with E-state index < -0.39 is 34.2 Å². The van der Waals surface area contributed by atoms with Gasteiger partial charge in [0.2, 0.25) is 0 Å². The van der Waals surface area contributed by atoms with Crippen LogP contribution in [0.5, 0.6) is 0 Å². The lowest BCUT2D eigenvalue weighted by molar-refractivity contribution is -0.139. The molecule has 2 aromatic heterocycles. The van der Waals surface area contributed by atoms with E-state index in [1.165, 1.54) is 17.6 Å². The fourth-order valence-electron chi connectivity index (χ4n) is 2.47. The summed E-state index contributed by atoms with van der Waals surface area (Å²) in [7, 11) is -2.35. The third-order valence-corrected chi connectivity index (χ3v) is 6.28. The smallest absolute Gasteiger partial charge is 0.326 e. The molecule has 0 aromatic carbocycles. The predicted octanol–water partition coefficient (Wildman–Crippen LogP) is -0.655. The maximum atomic E-state index is 12.6.